The van der Waals surface area contributed by atoms with Gasteiger partial charge in [0, 0.05) is 17.7 Å². The van der Waals surface area contributed by atoms with E-state index in [1.165, 1.54) is 11.1 Å². The second kappa shape index (κ2) is 12.8. The highest BCUT2D eigenvalue weighted by Crippen LogP contribution is 2.34. The van der Waals surface area contributed by atoms with Crippen molar-refractivity contribution >= 4 is 5.91 Å². The van der Waals surface area contributed by atoms with Crippen LogP contribution in [-0.2, 0) is 16.1 Å². The summed E-state index contributed by atoms with van der Waals surface area (Å²) >= 11 is 0. The number of hydrogen-bond acceptors (Lipinski definition) is 8. The molecule has 1 saturated carbocycles. The van der Waals surface area contributed by atoms with Crippen LogP contribution in [0.4, 0.5) is 13.2 Å². The molecule has 13 heteroatoms. The second-order valence-corrected chi connectivity index (χ2v) is 10.8. The first kappa shape index (κ1) is 30.7. The van der Waals surface area contributed by atoms with Crippen LogP contribution in [0.1, 0.15) is 42.9 Å². The molecule has 1 aliphatic carbocycles. The molecule has 5 unspecified atom stereocenters. The summed E-state index contributed by atoms with van der Waals surface area (Å²) < 4.78 is 47.9. The molecule has 2 aromatic carbocycles. The van der Waals surface area contributed by atoms with Crippen LogP contribution in [0.3, 0.4) is 0 Å². The Morgan fingerprint density at radius 2 is 1.81 bits per heavy atom. The minimum absolute atomic E-state index is 0.0365. The van der Waals surface area contributed by atoms with Gasteiger partial charge in [-0.2, -0.15) is 0 Å². The van der Waals surface area contributed by atoms with Gasteiger partial charge in [0.15, 0.2) is 23.6 Å². The summed E-state index contributed by atoms with van der Waals surface area (Å²) in [7, 11) is 0. The third-order valence-electron chi connectivity index (χ3n) is 8.05. The van der Waals surface area contributed by atoms with Crippen LogP contribution in [0.15, 0.2) is 42.6 Å². The molecule has 43 heavy (non-hydrogen) atoms. The van der Waals surface area contributed by atoms with E-state index in [9.17, 15) is 38.4 Å². The monoisotopic (exact) mass is 600 g/mol. The van der Waals surface area contributed by atoms with Crippen molar-refractivity contribution in [3.63, 3.8) is 0 Å². The topological polar surface area (TPSA) is 141 Å². The number of amides is 1. The number of benzene rings is 2. The van der Waals surface area contributed by atoms with Gasteiger partial charge in [0.1, 0.15) is 30.0 Å². The molecule has 0 radical (unpaired) electrons. The molecule has 10 nitrogen and oxygen atoms in total. The van der Waals surface area contributed by atoms with Crippen molar-refractivity contribution in [2.45, 2.75) is 74.8 Å². The maximum Gasteiger partial charge on any atom is 0.255 e. The highest BCUT2D eigenvalue weighted by molar-refractivity contribution is 5.82. The fourth-order valence-corrected chi connectivity index (χ4v) is 5.81. The molecule has 4 N–H and O–H groups in total. The summed E-state index contributed by atoms with van der Waals surface area (Å²) in [4.78, 5) is 15.6. The molecular formula is C30H31F3N4O6. The van der Waals surface area contributed by atoms with Gasteiger partial charge < -0.3 is 30.1 Å². The molecule has 1 saturated heterocycles. The van der Waals surface area contributed by atoms with Gasteiger partial charge in [0.05, 0.1) is 24.9 Å². The van der Waals surface area contributed by atoms with E-state index in [-0.39, 0.29) is 17.8 Å². The van der Waals surface area contributed by atoms with E-state index in [0.29, 0.717) is 24.0 Å². The summed E-state index contributed by atoms with van der Waals surface area (Å²) in [6.07, 6.45) is 2.13. The average Bonchev–Trinajstić information content (AvgIpc) is 3.49. The Morgan fingerprint density at radius 3 is 2.49 bits per heavy atom. The van der Waals surface area contributed by atoms with Gasteiger partial charge in [-0.05, 0) is 42.7 Å². The number of rotatable bonds is 7. The van der Waals surface area contributed by atoms with Gasteiger partial charge in [-0.15, -0.1) is 11.5 Å². The lowest BCUT2D eigenvalue weighted by molar-refractivity contribution is -0.214. The number of aromatic nitrogens is 3. The Balaban J connectivity index is 1.48. The molecule has 0 spiro atoms. The van der Waals surface area contributed by atoms with Crippen LogP contribution in [0, 0.1) is 29.8 Å². The Labute approximate surface area is 245 Å². The number of ether oxygens (including phenoxy) is 1. The summed E-state index contributed by atoms with van der Waals surface area (Å²) in [6, 6.07) is 6.42. The van der Waals surface area contributed by atoms with Crippen LogP contribution < -0.4 is 0 Å². The highest BCUT2D eigenvalue weighted by Gasteiger charge is 2.50. The zero-order valence-corrected chi connectivity index (χ0v) is 22.9. The summed E-state index contributed by atoms with van der Waals surface area (Å²) in [5.74, 6) is -2.69. The Morgan fingerprint density at radius 1 is 1.09 bits per heavy atom. The standard InChI is InChI=1S/C30H31F3N4O6/c1-2-16-6-5-7-17(10-16)13-36(22-8-3-4-9-23(22)39)30(42)29-28(41)26(27(40)24(15-38)43-29)37-14-21(34-35-37)18-11-19(31)25(33)20(32)12-18/h1,5-7,10-12,14,22-24,26-29,38-41H,3-4,8-9,13,15H2/t22-,23-,24?,26?,27?,28?,29?/m0/s1. The molecule has 2 aliphatic rings. The lowest BCUT2D eigenvalue weighted by Crippen LogP contribution is -2.62. The van der Waals surface area contributed by atoms with Gasteiger partial charge in [-0.1, -0.05) is 36.1 Å². The zero-order chi connectivity index (χ0) is 30.8. The first-order valence-electron chi connectivity index (χ1n) is 13.9. The number of hydrogen-bond donors (Lipinski definition) is 4. The van der Waals surface area contributed by atoms with E-state index < -0.39 is 72.6 Å². The SMILES string of the molecule is C#Cc1cccc(CN(C(=O)C2OC(CO)C(O)C(n3cc(-c4cc(F)c(F)c(F)c4)nn3)C2O)[C@H]2CCCC[C@@H]2O)c1. The number of carbonyl (C=O) groups is 1. The molecule has 228 valence electrons. The fourth-order valence-electron chi connectivity index (χ4n) is 5.81. The minimum atomic E-state index is -1.73. The quantitative estimate of drug-likeness (QED) is 0.237. The van der Waals surface area contributed by atoms with E-state index in [4.69, 9.17) is 11.2 Å². The van der Waals surface area contributed by atoms with E-state index in [1.54, 1.807) is 24.3 Å². The number of terminal acetylenes is 1. The Kier molecular flexibility index (Phi) is 9.14. The average molecular weight is 601 g/mol. The Bertz CT molecular complexity index is 1490. The molecule has 3 aromatic rings. The van der Waals surface area contributed by atoms with Gasteiger partial charge >= 0.3 is 0 Å². The first-order valence-corrected chi connectivity index (χ1v) is 13.9. The van der Waals surface area contributed by atoms with Crippen LogP contribution in [0.2, 0.25) is 0 Å². The first-order chi connectivity index (χ1) is 20.6. The lowest BCUT2D eigenvalue weighted by Gasteiger charge is -2.45. The maximum atomic E-state index is 14.2. The predicted octanol–water partition coefficient (Wildman–Crippen LogP) is 1.70. The van der Waals surface area contributed by atoms with E-state index in [0.717, 1.165) is 29.7 Å². The number of nitrogens with zero attached hydrogens (tertiary/aromatic N) is 4. The van der Waals surface area contributed by atoms with Gasteiger partial charge in [0.25, 0.3) is 5.91 Å². The normalized spacial score (nSPS) is 27.4. The highest BCUT2D eigenvalue weighted by atomic mass is 19.2. The van der Waals surface area contributed by atoms with E-state index in [1.807, 2.05) is 0 Å². The molecule has 5 rings (SSSR count). The summed E-state index contributed by atoms with van der Waals surface area (Å²) in [6.45, 7) is -0.685. The molecule has 0 bridgehead atoms. The van der Waals surface area contributed by atoms with Gasteiger partial charge in [-0.3, -0.25) is 4.79 Å². The number of halogens is 3. The number of carbonyl (C=O) groups excluding carboxylic acids is 1. The lowest BCUT2D eigenvalue weighted by atomic mass is 9.88. The molecule has 1 aromatic heterocycles. The van der Waals surface area contributed by atoms with Crippen LogP contribution >= 0.6 is 0 Å². The van der Waals surface area contributed by atoms with E-state index >= 15 is 0 Å². The van der Waals surface area contributed by atoms with Crippen molar-refractivity contribution in [2.75, 3.05) is 6.61 Å². The predicted molar refractivity (Wildman–Crippen MR) is 145 cm³/mol. The molecule has 1 amide bonds. The summed E-state index contributed by atoms with van der Waals surface area (Å²) in [5, 5.41) is 51.0. The third kappa shape index (κ3) is 6.15. The van der Waals surface area contributed by atoms with Crippen molar-refractivity contribution in [3.05, 3.63) is 71.2 Å². The maximum absolute atomic E-state index is 14.2. The molecule has 1 aliphatic heterocycles. The fraction of sp³-hybridized carbons (Fsp3) is 0.433. The van der Waals surface area contributed by atoms with Crippen molar-refractivity contribution in [1.82, 2.24) is 19.9 Å². The smallest absolute Gasteiger partial charge is 0.255 e. The molecule has 7 atom stereocenters. The number of aliphatic hydroxyl groups excluding tert-OH is 4. The summed E-state index contributed by atoms with van der Waals surface area (Å²) in [5.41, 5.74) is 1.01. The number of aliphatic hydroxyl groups is 4. The molecular weight excluding hydrogens is 569 g/mol. The van der Waals surface area contributed by atoms with Crippen LogP contribution in [0.5, 0.6) is 0 Å². The zero-order valence-electron chi connectivity index (χ0n) is 22.9. The molecule has 2 heterocycles. The Hall–Kier alpha value is -3.80. The van der Waals surface area contributed by atoms with Crippen LogP contribution in [0.25, 0.3) is 11.3 Å². The van der Waals surface area contributed by atoms with Gasteiger partial charge in [-0.25, -0.2) is 17.9 Å². The van der Waals surface area contributed by atoms with Crippen molar-refractivity contribution in [1.29, 1.82) is 0 Å². The molecule has 2 fully saturated rings. The minimum Gasteiger partial charge on any atom is -0.394 e. The van der Waals surface area contributed by atoms with Crippen molar-refractivity contribution in [3.8, 4) is 23.6 Å². The van der Waals surface area contributed by atoms with Gasteiger partial charge in [0.2, 0.25) is 0 Å². The van der Waals surface area contributed by atoms with Crippen molar-refractivity contribution < 1.29 is 43.1 Å². The van der Waals surface area contributed by atoms with Crippen molar-refractivity contribution in [2.24, 2.45) is 0 Å². The third-order valence-corrected chi connectivity index (χ3v) is 8.05. The second-order valence-electron chi connectivity index (χ2n) is 10.8. The van der Waals surface area contributed by atoms with Crippen LogP contribution in [-0.4, -0.2) is 89.4 Å². The largest absolute Gasteiger partial charge is 0.394 e. The van der Waals surface area contributed by atoms with E-state index in [2.05, 4.69) is 16.2 Å².